The SMILES string of the molecule is CCCCCC[n+]1cccc(CC)c1. The lowest BCUT2D eigenvalue weighted by Crippen LogP contribution is -2.33. The van der Waals surface area contributed by atoms with E-state index in [0.29, 0.717) is 0 Å². The Labute approximate surface area is 87.8 Å². The van der Waals surface area contributed by atoms with Crippen molar-refractivity contribution in [2.75, 3.05) is 0 Å². The van der Waals surface area contributed by atoms with Crippen molar-refractivity contribution in [1.29, 1.82) is 0 Å². The van der Waals surface area contributed by atoms with Gasteiger partial charge in [0.05, 0.1) is 0 Å². The summed E-state index contributed by atoms with van der Waals surface area (Å²) in [5.74, 6) is 0. The summed E-state index contributed by atoms with van der Waals surface area (Å²) in [6.07, 6.45) is 10.9. The largest absolute Gasteiger partial charge is 0.205 e. The van der Waals surface area contributed by atoms with Crippen molar-refractivity contribution in [3.8, 4) is 0 Å². The van der Waals surface area contributed by atoms with E-state index in [0.717, 1.165) is 6.42 Å². The van der Waals surface area contributed by atoms with Crippen LogP contribution in [-0.2, 0) is 13.0 Å². The molecule has 1 heterocycles. The maximum atomic E-state index is 2.31. The Morgan fingerprint density at radius 3 is 2.71 bits per heavy atom. The molecule has 0 radical (unpaired) electrons. The fourth-order valence-corrected chi connectivity index (χ4v) is 1.65. The average Bonchev–Trinajstić information content (AvgIpc) is 2.25. The Morgan fingerprint density at radius 2 is 2.00 bits per heavy atom. The molecule has 0 atom stereocenters. The van der Waals surface area contributed by atoms with Crippen LogP contribution in [0.3, 0.4) is 0 Å². The summed E-state index contributed by atoms with van der Waals surface area (Å²) in [4.78, 5) is 0. The van der Waals surface area contributed by atoms with Crippen LogP contribution in [0.5, 0.6) is 0 Å². The summed E-state index contributed by atoms with van der Waals surface area (Å²) in [6.45, 7) is 5.63. The van der Waals surface area contributed by atoms with E-state index in [-0.39, 0.29) is 0 Å². The molecule has 0 aliphatic heterocycles. The smallest absolute Gasteiger partial charge is 0.171 e. The Hall–Kier alpha value is -0.850. The first-order valence-corrected chi connectivity index (χ1v) is 5.84. The van der Waals surface area contributed by atoms with Gasteiger partial charge >= 0.3 is 0 Å². The molecule has 0 amide bonds. The van der Waals surface area contributed by atoms with Gasteiger partial charge in [0.25, 0.3) is 0 Å². The Bertz CT molecular complexity index is 255. The van der Waals surface area contributed by atoms with Gasteiger partial charge in [-0.2, -0.15) is 0 Å². The highest BCUT2D eigenvalue weighted by atomic mass is 14.9. The van der Waals surface area contributed by atoms with Gasteiger partial charge in [0, 0.05) is 18.1 Å². The van der Waals surface area contributed by atoms with Crippen LogP contribution in [-0.4, -0.2) is 0 Å². The lowest BCUT2D eigenvalue weighted by Gasteiger charge is -1.98. The Kier molecular flexibility index (Phi) is 5.28. The number of pyridine rings is 1. The quantitative estimate of drug-likeness (QED) is 0.481. The Balaban J connectivity index is 2.34. The van der Waals surface area contributed by atoms with Crippen LogP contribution in [0.4, 0.5) is 0 Å². The number of aromatic nitrogens is 1. The van der Waals surface area contributed by atoms with Crippen LogP contribution in [0.15, 0.2) is 24.5 Å². The first-order valence-electron chi connectivity index (χ1n) is 5.84. The molecule has 0 unspecified atom stereocenters. The monoisotopic (exact) mass is 192 g/mol. The van der Waals surface area contributed by atoms with E-state index in [4.69, 9.17) is 0 Å². The molecular weight excluding hydrogens is 170 g/mol. The van der Waals surface area contributed by atoms with Crippen LogP contribution in [0.2, 0.25) is 0 Å². The molecule has 0 fully saturated rings. The second-order valence-electron chi connectivity index (χ2n) is 3.86. The van der Waals surface area contributed by atoms with Crippen LogP contribution in [0.25, 0.3) is 0 Å². The molecule has 78 valence electrons. The zero-order valence-electron chi connectivity index (χ0n) is 9.50. The van der Waals surface area contributed by atoms with Crippen LogP contribution in [0, 0.1) is 0 Å². The molecule has 1 rings (SSSR count). The highest BCUT2D eigenvalue weighted by molar-refractivity contribution is 5.04. The van der Waals surface area contributed by atoms with Crippen molar-refractivity contribution in [2.45, 2.75) is 52.5 Å². The summed E-state index contributed by atoms with van der Waals surface area (Å²) in [5.41, 5.74) is 1.43. The normalized spacial score (nSPS) is 10.4. The zero-order chi connectivity index (χ0) is 10.2. The highest BCUT2D eigenvalue weighted by Gasteiger charge is 2.00. The van der Waals surface area contributed by atoms with E-state index in [9.17, 15) is 0 Å². The van der Waals surface area contributed by atoms with Gasteiger partial charge in [-0.25, -0.2) is 4.57 Å². The number of nitrogens with zero attached hydrogens (tertiary/aromatic N) is 1. The molecule has 0 spiro atoms. The van der Waals surface area contributed by atoms with Gasteiger partial charge in [-0.05, 0) is 18.9 Å². The van der Waals surface area contributed by atoms with Gasteiger partial charge in [0.2, 0.25) is 0 Å². The van der Waals surface area contributed by atoms with Gasteiger partial charge in [0.1, 0.15) is 6.54 Å². The second-order valence-corrected chi connectivity index (χ2v) is 3.86. The van der Waals surface area contributed by atoms with Gasteiger partial charge in [-0.1, -0.05) is 26.7 Å². The summed E-state index contributed by atoms with van der Waals surface area (Å²) in [5, 5.41) is 0. The zero-order valence-corrected chi connectivity index (χ0v) is 9.50. The number of unbranched alkanes of at least 4 members (excludes halogenated alkanes) is 3. The summed E-state index contributed by atoms with van der Waals surface area (Å²) in [6, 6.07) is 4.35. The van der Waals surface area contributed by atoms with Crippen LogP contribution >= 0.6 is 0 Å². The number of hydrogen-bond acceptors (Lipinski definition) is 0. The molecule has 1 nitrogen and oxygen atoms in total. The third kappa shape index (κ3) is 3.91. The summed E-state index contributed by atoms with van der Waals surface area (Å²) >= 11 is 0. The van der Waals surface area contributed by atoms with Crippen molar-refractivity contribution in [3.05, 3.63) is 30.1 Å². The van der Waals surface area contributed by atoms with Gasteiger partial charge in [-0.15, -0.1) is 0 Å². The molecule has 0 saturated heterocycles. The molecule has 0 aliphatic rings. The number of rotatable bonds is 6. The van der Waals surface area contributed by atoms with Crippen LogP contribution < -0.4 is 4.57 Å². The summed E-state index contributed by atoms with van der Waals surface area (Å²) < 4.78 is 2.31. The summed E-state index contributed by atoms with van der Waals surface area (Å²) in [7, 11) is 0. The first-order chi connectivity index (χ1) is 6.86. The van der Waals surface area contributed by atoms with Crippen molar-refractivity contribution >= 4 is 0 Å². The number of aryl methyl sites for hydroxylation is 2. The molecule has 0 bridgehead atoms. The van der Waals surface area contributed by atoms with Crippen molar-refractivity contribution < 1.29 is 4.57 Å². The van der Waals surface area contributed by atoms with Gasteiger partial charge in [-0.3, -0.25) is 0 Å². The fraction of sp³-hybridized carbons (Fsp3) is 0.615. The molecule has 0 saturated carbocycles. The highest BCUT2D eigenvalue weighted by Crippen LogP contribution is 1.99. The molecule has 0 aliphatic carbocycles. The van der Waals surface area contributed by atoms with Crippen molar-refractivity contribution in [1.82, 2.24) is 0 Å². The predicted octanol–water partition coefficient (Wildman–Crippen LogP) is 3.12. The van der Waals surface area contributed by atoms with E-state index in [1.807, 2.05) is 0 Å². The van der Waals surface area contributed by atoms with E-state index in [2.05, 4.69) is 42.9 Å². The molecule has 1 aromatic heterocycles. The third-order valence-corrected chi connectivity index (χ3v) is 2.60. The van der Waals surface area contributed by atoms with E-state index in [1.54, 1.807) is 0 Å². The molecule has 1 aromatic rings. The minimum atomic E-state index is 1.13. The standard InChI is InChI=1S/C13H22N/c1-3-5-6-7-10-14-11-8-9-13(4-2)12-14/h8-9,11-12H,3-7,10H2,1-2H3/q+1. The molecular formula is C13H22N+. The van der Waals surface area contributed by atoms with Gasteiger partial charge in [0.15, 0.2) is 12.4 Å². The van der Waals surface area contributed by atoms with E-state index in [1.165, 1.54) is 37.8 Å². The average molecular weight is 192 g/mol. The van der Waals surface area contributed by atoms with Gasteiger partial charge < -0.3 is 0 Å². The minimum Gasteiger partial charge on any atom is -0.205 e. The predicted molar refractivity (Wildman–Crippen MR) is 60.2 cm³/mol. The third-order valence-electron chi connectivity index (χ3n) is 2.60. The van der Waals surface area contributed by atoms with Crippen molar-refractivity contribution in [2.24, 2.45) is 0 Å². The fourth-order valence-electron chi connectivity index (χ4n) is 1.65. The lowest BCUT2D eigenvalue weighted by molar-refractivity contribution is -0.697. The Morgan fingerprint density at radius 1 is 1.14 bits per heavy atom. The second kappa shape index (κ2) is 6.58. The first kappa shape index (κ1) is 11.2. The van der Waals surface area contributed by atoms with E-state index < -0.39 is 0 Å². The lowest BCUT2D eigenvalue weighted by atomic mass is 10.2. The minimum absolute atomic E-state index is 1.13. The topological polar surface area (TPSA) is 3.88 Å². The molecule has 0 N–H and O–H groups in total. The van der Waals surface area contributed by atoms with E-state index >= 15 is 0 Å². The molecule has 14 heavy (non-hydrogen) atoms. The maximum Gasteiger partial charge on any atom is 0.171 e. The van der Waals surface area contributed by atoms with Crippen LogP contribution in [0.1, 0.15) is 45.1 Å². The maximum absolute atomic E-state index is 2.31. The molecule has 1 heteroatoms. The number of hydrogen-bond donors (Lipinski definition) is 0. The molecule has 0 aromatic carbocycles. The van der Waals surface area contributed by atoms with Crippen molar-refractivity contribution in [3.63, 3.8) is 0 Å².